The van der Waals surface area contributed by atoms with Gasteiger partial charge in [0.05, 0.1) is 31.0 Å². The van der Waals surface area contributed by atoms with Gasteiger partial charge in [-0.3, -0.25) is 23.4 Å². The number of anilines is 2. The second-order valence-corrected chi connectivity index (χ2v) is 10.9. The second kappa shape index (κ2) is 10.4. The van der Waals surface area contributed by atoms with Crippen LogP contribution in [-0.4, -0.2) is 98.0 Å². The van der Waals surface area contributed by atoms with Crippen molar-refractivity contribution in [2.75, 3.05) is 24.7 Å². The zero-order valence-electron chi connectivity index (χ0n) is 21.0. The normalized spacial score (nSPS) is 29.9. The quantitative estimate of drug-likeness (QED) is 0.110. The van der Waals surface area contributed by atoms with Crippen LogP contribution in [0.15, 0.2) is 29.7 Å². The fourth-order valence-corrected chi connectivity index (χ4v) is 5.88. The Morgan fingerprint density at radius 3 is 2.73 bits per heavy atom. The van der Waals surface area contributed by atoms with Crippen LogP contribution in [0.4, 0.5) is 11.8 Å². The summed E-state index contributed by atoms with van der Waals surface area (Å²) in [5.74, 6) is 0.0486. The number of ether oxygens (including phenoxy) is 2. The van der Waals surface area contributed by atoms with E-state index in [1.807, 2.05) is 0 Å². The van der Waals surface area contributed by atoms with Crippen LogP contribution in [0.1, 0.15) is 18.9 Å². The smallest absolute Gasteiger partial charge is 0.394 e. The molecule has 2 aliphatic heterocycles. The van der Waals surface area contributed by atoms with E-state index in [0.29, 0.717) is 11.0 Å². The van der Waals surface area contributed by atoms with Gasteiger partial charge in [-0.1, -0.05) is 0 Å². The zero-order valence-corrected chi connectivity index (χ0v) is 21.9. The Labute approximate surface area is 228 Å². The predicted octanol–water partition coefficient (Wildman–Crippen LogP) is -1.87. The third kappa shape index (κ3) is 4.96. The van der Waals surface area contributed by atoms with Crippen molar-refractivity contribution in [1.29, 1.82) is 0 Å². The van der Waals surface area contributed by atoms with Crippen LogP contribution in [0, 0.1) is 0 Å². The number of rotatable bonds is 8. The summed E-state index contributed by atoms with van der Waals surface area (Å²) in [5, 5.41) is 31.5. The first-order chi connectivity index (χ1) is 19.6. The van der Waals surface area contributed by atoms with Crippen molar-refractivity contribution in [2.24, 2.45) is 0 Å². The van der Waals surface area contributed by atoms with Gasteiger partial charge >= 0.3 is 7.82 Å². The van der Waals surface area contributed by atoms with E-state index in [0.717, 1.165) is 6.33 Å². The molecule has 9 N–H and O–H groups in total. The lowest BCUT2D eigenvalue weighted by molar-refractivity contribution is -0.0592. The van der Waals surface area contributed by atoms with Crippen LogP contribution in [0.3, 0.4) is 0 Å². The minimum absolute atomic E-state index is 0.0533. The maximum absolute atomic E-state index is 13.0. The number of phosphoric ester groups is 1. The lowest BCUT2D eigenvalue weighted by Crippen LogP contribution is -2.35. The zero-order chi connectivity index (χ0) is 29.1. The van der Waals surface area contributed by atoms with Crippen molar-refractivity contribution >= 4 is 41.8 Å². The molecule has 0 radical (unpaired) electrons. The lowest BCUT2D eigenvalue weighted by Gasteiger charge is -2.25. The number of hydrogen-bond donors (Lipinski definition) is 7. The van der Waals surface area contributed by atoms with Gasteiger partial charge in [0.25, 0.3) is 5.56 Å². The Bertz CT molecular complexity index is 1690. The first kappa shape index (κ1) is 27.6. The molecule has 4 aromatic heterocycles. The molecule has 0 bridgehead atoms. The average molecular weight is 595 g/mol. The van der Waals surface area contributed by atoms with E-state index < -0.39 is 69.6 Å². The average Bonchev–Trinajstić information content (AvgIpc) is 3.69. The molecule has 2 aliphatic rings. The molecule has 19 nitrogen and oxygen atoms in total. The molecule has 8 atom stereocenters. The summed E-state index contributed by atoms with van der Waals surface area (Å²) in [6, 6.07) is 1.70. The van der Waals surface area contributed by atoms with Gasteiger partial charge in [-0.25, -0.2) is 19.5 Å². The highest BCUT2D eigenvalue weighted by atomic mass is 31.2. The van der Waals surface area contributed by atoms with Crippen molar-refractivity contribution in [2.45, 2.75) is 49.4 Å². The summed E-state index contributed by atoms with van der Waals surface area (Å²) < 4.78 is 37.7. The highest BCUT2D eigenvalue weighted by Gasteiger charge is 2.49. The summed E-state index contributed by atoms with van der Waals surface area (Å²) in [6.07, 6.45) is -4.31. The molecule has 0 aliphatic carbocycles. The Morgan fingerprint density at radius 1 is 1.15 bits per heavy atom. The number of nitrogens with two attached hydrogens (primary N) is 2. The van der Waals surface area contributed by atoms with Crippen LogP contribution in [0.25, 0.3) is 22.2 Å². The minimum atomic E-state index is -4.94. The van der Waals surface area contributed by atoms with Gasteiger partial charge in [0.15, 0.2) is 17.4 Å². The fraction of sp³-hybridized carbons (Fsp3) is 0.476. The Morgan fingerprint density at radius 2 is 1.95 bits per heavy atom. The molecule has 3 unspecified atom stereocenters. The maximum Gasteiger partial charge on any atom is 0.472 e. The Hall–Kier alpha value is -3.52. The summed E-state index contributed by atoms with van der Waals surface area (Å²) in [4.78, 5) is 41.1. The van der Waals surface area contributed by atoms with Gasteiger partial charge in [-0.15, -0.1) is 0 Å². The predicted molar refractivity (Wildman–Crippen MR) is 137 cm³/mol. The number of nitrogens with zero attached hydrogens (tertiary/aromatic N) is 6. The number of fused-ring (bicyclic) bond motifs is 2. The molecule has 0 saturated carbocycles. The van der Waals surface area contributed by atoms with Crippen LogP contribution >= 0.6 is 7.82 Å². The molecule has 6 rings (SSSR count). The number of hydrogen-bond acceptors (Lipinski definition) is 15. The Balaban J connectivity index is 1.17. The molecule has 2 fully saturated rings. The molecule has 2 saturated heterocycles. The van der Waals surface area contributed by atoms with Crippen molar-refractivity contribution in [1.82, 2.24) is 34.1 Å². The third-order valence-electron chi connectivity index (χ3n) is 6.93. The number of H-pyrrole nitrogens is 1. The molecule has 4 aromatic rings. The summed E-state index contributed by atoms with van der Waals surface area (Å²) in [6.45, 7) is -1.22. The standard InChI is InChI=1S/C21H26N9O10P/c22-16-8-1-2-29(17(8)25-6-24-16)12-3-9(32)11(38-12)5-37-41(35,36)40-15-14(33)10(4-31)39-20(15)30-7-26-13-18(30)27-21(23)28-19(13)34/h1-2,6-7,9-12,14-15,20,31-33H,3-5H2,(H,35,36)(H2,22,24,25)(H3,23,27,28,34)/t9?,10-,11-,12-,14?,15+,20-/m1/s1. The van der Waals surface area contributed by atoms with Gasteiger partial charge in [-0.05, 0) is 6.07 Å². The van der Waals surface area contributed by atoms with E-state index >= 15 is 0 Å². The molecule has 20 heteroatoms. The summed E-state index contributed by atoms with van der Waals surface area (Å²) in [5.41, 5.74) is 11.2. The fourth-order valence-electron chi connectivity index (χ4n) is 4.95. The van der Waals surface area contributed by atoms with E-state index in [1.165, 1.54) is 10.9 Å². The first-order valence-electron chi connectivity index (χ1n) is 12.3. The van der Waals surface area contributed by atoms with Crippen LogP contribution in [-0.2, 0) is 23.1 Å². The van der Waals surface area contributed by atoms with Gasteiger partial charge < -0.3 is 45.7 Å². The molecular weight excluding hydrogens is 569 g/mol. The van der Waals surface area contributed by atoms with Crippen LogP contribution in [0.2, 0.25) is 0 Å². The maximum atomic E-state index is 13.0. The van der Waals surface area contributed by atoms with Gasteiger partial charge in [-0.2, -0.15) is 4.98 Å². The molecule has 0 aromatic carbocycles. The van der Waals surface area contributed by atoms with Gasteiger partial charge in [0.2, 0.25) is 5.95 Å². The van der Waals surface area contributed by atoms with E-state index in [1.54, 1.807) is 16.8 Å². The number of aliphatic hydroxyl groups excluding tert-OH is 3. The number of aliphatic hydroxyl groups is 3. The Kier molecular flexibility index (Phi) is 7.00. The number of nitrogen functional groups attached to an aromatic ring is 2. The van der Waals surface area contributed by atoms with Gasteiger partial charge in [0, 0.05) is 12.6 Å². The molecule has 0 spiro atoms. The van der Waals surface area contributed by atoms with Crippen molar-refractivity contribution < 1.29 is 43.3 Å². The third-order valence-corrected chi connectivity index (χ3v) is 7.91. The van der Waals surface area contributed by atoms with E-state index in [-0.39, 0.29) is 29.4 Å². The summed E-state index contributed by atoms with van der Waals surface area (Å²) >= 11 is 0. The minimum Gasteiger partial charge on any atom is -0.394 e. The highest BCUT2D eigenvalue weighted by molar-refractivity contribution is 7.47. The van der Waals surface area contributed by atoms with Crippen LogP contribution < -0.4 is 17.0 Å². The molecule has 0 amide bonds. The number of aromatic nitrogens is 7. The molecule has 6 heterocycles. The van der Waals surface area contributed by atoms with E-state index in [4.69, 9.17) is 30.0 Å². The van der Waals surface area contributed by atoms with Crippen molar-refractivity contribution in [3.8, 4) is 0 Å². The topological polar surface area (TPSA) is 281 Å². The van der Waals surface area contributed by atoms with Crippen LogP contribution in [0.5, 0.6) is 0 Å². The highest BCUT2D eigenvalue weighted by Crippen LogP contribution is 2.50. The van der Waals surface area contributed by atoms with E-state index in [9.17, 15) is 29.6 Å². The number of nitrogens with one attached hydrogen (secondary N) is 1. The monoisotopic (exact) mass is 595 g/mol. The van der Waals surface area contributed by atoms with Crippen molar-refractivity contribution in [3.05, 3.63) is 35.3 Å². The van der Waals surface area contributed by atoms with E-state index in [2.05, 4.69) is 24.9 Å². The summed E-state index contributed by atoms with van der Waals surface area (Å²) in [7, 11) is -4.94. The molecule has 220 valence electrons. The number of aromatic amines is 1. The second-order valence-electron chi connectivity index (χ2n) is 9.50. The van der Waals surface area contributed by atoms with Gasteiger partial charge in [0.1, 0.15) is 48.4 Å². The SMILES string of the molecule is Nc1nc2c(ncn2[C@@H]2O[C@H](CO)C(O)[C@@H]2OP(=O)(O)OC[C@H]2O[C@@H](n3ccc4c(N)ncnc43)CC2O)c(=O)[nH]1. The number of imidazole rings is 1. The van der Waals surface area contributed by atoms with Crippen molar-refractivity contribution in [3.63, 3.8) is 0 Å². The number of phosphoric acid groups is 1. The lowest BCUT2D eigenvalue weighted by atomic mass is 10.1. The largest absolute Gasteiger partial charge is 0.472 e. The molecule has 41 heavy (non-hydrogen) atoms. The molecular formula is C21H26N9O10P. The first-order valence-corrected chi connectivity index (χ1v) is 13.8.